The molecule has 0 N–H and O–H groups in total. The van der Waals surface area contributed by atoms with E-state index in [1.165, 1.54) is 0 Å². The molecule has 2 aliphatic rings. The second-order valence-corrected chi connectivity index (χ2v) is 5.24. The number of hydroxylamine groups is 3. The maximum atomic E-state index is 12.6. The van der Waals surface area contributed by atoms with Gasteiger partial charge in [0.15, 0.2) is 0 Å². The van der Waals surface area contributed by atoms with Gasteiger partial charge in [-0.25, -0.2) is 0 Å². The summed E-state index contributed by atoms with van der Waals surface area (Å²) in [5, 5.41) is 12.6. The van der Waals surface area contributed by atoms with Gasteiger partial charge in [0.1, 0.15) is 0 Å². The van der Waals surface area contributed by atoms with Crippen molar-refractivity contribution < 1.29 is 4.65 Å². The Morgan fingerprint density at radius 1 is 0.933 bits per heavy atom. The Kier molecular flexibility index (Phi) is 3.30. The lowest BCUT2D eigenvalue weighted by molar-refractivity contribution is -0.910. The van der Waals surface area contributed by atoms with E-state index in [0.29, 0.717) is 6.04 Å². The van der Waals surface area contributed by atoms with Crippen molar-refractivity contribution in [1.29, 1.82) is 0 Å². The third kappa shape index (κ3) is 2.50. The third-order valence-electron chi connectivity index (χ3n) is 4.07. The number of quaternary nitrogens is 1. The molecule has 0 spiro atoms. The van der Waals surface area contributed by atoms with Gasteiger partial charge in [-0.3, -0.25) is 4.90 Å². The zero-order valence-electron chi connectivity index (χ0n) is 9.98. The summed E-state index contributed by atoms with van der Waals surface area (Å²) >= 11 is 0. The molecule has 0 bridgehead atoms. The molecule has 0 radical (unpaired) electrons. The van der Waals surface area contributed by atoms with Crippen LogP contribution >= 0.6 is 0 Å². The number of likely N-dealkylation sites (tertiary alicyclic amines) is 1. The molecular weight excluding hydrogens is 190 g/mol. The number of rotatable bonds is 1. The highest BCUT2D eigenvalue weighted by atomic mass is 16.5. The van der Waals surface area contributed by atoms with Crippen molar-refractivity contribution in [3.05, 3.63) is 5.21 Å². The minimum atomic E-state index is 0.0815. The first-order valence-electron chi connectivity index (χ1n) is 6.05. The van der Waals surface area contributed by atoms with Crippen LogP contribution in [0.15, 0.2) is 0 Å². The van der Waals surface area contributed by atoms with Crippen LogP contribution in [0.3, 0.4) is 0 Å². The number of piperazine rings is 1. The van der Waals surface area contributed by atoms with E-state index in [4.69, 9.17) is 0 Å². The monoisotopic (exact) mass is 213 g/mol. The lowest BCUT2D eigenvalue weighted by atomic mass is 10.0. The summed E-state index contributed by atoms with van der Waals surface area (Å²) in [4.78, 5) is 4.60. The van der Waals surface area contributed by atoms with Gasteiger partial charge in [-0.1, -0.05) is 0 Å². The van der Waals surface area contributed by atoms with Crippen molar-refractivity contribution in [2.45, 2.75) is 18.9 Å². The van der Waals surface area contributed by atoms with Gasteiger partial charge < -0.3 is 14.8 Å². The maximum Gasteiger partial charge on any atom is 0.0915 e. The molecule has 2 aliphatic heterocycles. The van der Waals surface area contributed by atoms with E-state index in [9.17, 15) is 5.21 Å². The first-order chi connectivity index (χ1) is 7.10. The third-order valence-corrected chi connectivity index (χ3v) is 4.07. The maximum absolute atomic E-state index is 12.6. The summed E-state index contributed by atoms with van der Waals surface area (Å²) in [6.45, 7) is 5.73. The van der Waals surface area contributed by atoms with Crippen LogP contribution in [0.1, 0.15) is 12.8 Å². The molecule has 0 unspecified atom stereocenters. The van der Waals surface area contributed by atoms with E-state index < -0.39 is 0 Å². The van der Waals surface area contributed by atoms with Gasteiger partial charge >= 0.3 is 0 Å². The molecule has 4 nitrogen and oxygen atoms in total. The highest BCUT2D eigenvalue weighted by Crippen LogP contribution is 2.24. The molecule has 0 aromatic heterocycles. The Morgan fingerprint density at radius 3 is 1.93 bits per heavy atom. The minimum Gasteiger partial charge on any atom is -0.633 e. The van der Waals surface area contributed by atoms with Gasteiger partial charge in [0, 0.05) is 39.0 Å². The number of nitrogens with zero attached hydrogens (tertiary/aromatic N) is 3. The fraction of sp³-hybridized carbons (Fsp3) is 1.00. The van der Waals surface area contributed by atoms with Gasteiger partial charge in [-0.15, -0.1) is 0 Å². The van der Waals surface area contributed by atoms with Crippen LogP contribution in [-0.4, -0.2) is 73.9 Å². The van der Waals surface area contributed by atoms with Crippen LogP contribution in [-0.2, 0) is 0 Å². The van der Waals surface area contributed by atoms with Crippen molar-refractivity contribution in [1.82, 2.24) is 9.80 Å². The van der Waals surface area contributed by atoms with E-state index in [1.54, 1.807) is 0 Å². The smallest absolute Gasteiger partial charge is 0.0915 e. The molecule has 88 valence electrons. The summed E-state index contributed by atoms with van der Waals surface area (Å²) in [7, 11) is 4.26. The van der Waals surface area contributed by atoms with Crippen LogP contribution in [0.4, 0.5) is 0 Å². The standard InChI is InChI=1S/C11H23N3O/c1-12-5-3-11(4-6-12)14(15)9-7-13(2)8-10-14/h11H,3-10H2,1-2H3. The molecule has 0 aromatic carbocycles. The van der Waals surface area contributed by atoms with Gasteiger partial charge in [-0.2, -0.15) is 0 Å². The van der Waals surface area contributed by atoms with E-state index in [2.05, 4.69) is 23.9 Å². The van der Waals surface area contributed by atoms with Gasteiger partial charge in [0.2, 0.25) is 0 Å². The molecule has 2 rings (SSSR count). The van der Waals surface area contributed by atoms with Gasteiger partial charge in [0.05, 0.1) is 19.1 Å². The van der Waals surface area contributed by atoms with Crippen molar-refractivity contribution in [2.24, 2.45) is 0 Å². The predicted octanol–water partition coefficient (Wildman–Crippen LogP) is 0.341. The average molecular weight is 213 g/mol. The Labute approximate surface area is 92.6 Å². The average Bonchev–Trinajstić information content (AvgIpc) is 2.24. The predicted molar refractivity (Wildman–Crippen MR) is 61.4 cm³/mol. The van der Waals surface area contributed by atoms with Gasteiger partial charge in [-0.05, 0) is 14.1 Å². The van der Waals surface area contributed by atoms with Crippen LogP contribution in [0.5, 0.6) is 0 Å². The molecular formula is C11H23N3O. The largest absolute Gasteiger partial charge is 0.633 e. The van der Waals surface area contributed by atoms with E-state index in [1.807, 2.05) is 0 Å². The van der Waals surface area contributed by atoms with E-state index in [-0.39, 0.29) is 4.65 Å². The zero-order chi connectivity index (χ0) is 10.9. The van der Waals surface area contributed by atoms with Crippen molar-refractivity contribution in [2.75, 3.05) is 53.4 Å². The summed E-state index contributed by atoms with van der Waals surface area (Å²) in [5.74, 6) is 0. The fourth-order valence-corrected chi connectivity index (χ4v) is 2.73. The molecule has 15 heavy (non-hydrogen) atoms. The molecule has 0 amide bonds. The highest BCUT2D eigenvalue weighted by molar-refractivity contribution is 4.74. The molecule has 2 saturated heterocycles. The molecule has 2 heterocycles. The van der Waals surface area contributed by atoms with Gasteiger partial charge in [0.25, 0.3) is 0 Å². The molecule has 0 saturated carbocycles. The summed E-state index contributed by atoms with van der Waals surface area (Å²) in [6.07, 6.45) is 2.17. The van der Waals surface area contributed by atoms with Crippen LogP contribution in [0, 0.1) is 5.21 Å². The highest BCUT2D eigenvalue weighted by Gasteiger charge is 2.33. The summed E-state index contributed by atoms with van der Waals surface area (Å²) in [6, 6.07) is 0.370. The first kappa shape index (κ1) is 11.3. The van der Waals surface area contributed by atoms with Crippen LogP contribution < -0.4 is 0 Å². The fourth-order valence-electron chi connectivity index (χ4n) is 2.73. The Bertz CT molecular complexity index is 206. The lowest BCUT2D eigenvalue weighted by Gasteiger charge is -2.54. The SMILES string of the molecule is CN1CCC([N+]2([O-])CCN(C)CC2)CC1. The van der Waals surface area contributed by atoms with Crippen molar-refractivity contribution in [3.63, 3.8) is 0 Å². The van der Waals surface area contributed by atoms with Crippen molar-refractivity contribution >= 4 is 0 Å². The molecule has 2 fully saturated rings. The summed E-state index contributed by atoms with van der Waals surface area (Å²) in [5.41, 5.74) is 0. The second kappa shape index (κ2) is 4.37. The molecule has 0 aliphatic carbocycles. The first-order valence-corrected chi connectivity index (χ1v) is 6.05. The zero-order valence-corrected chi connectivity index (χ0v) is 9.98. The Morgan fingerprint density at radius 2 is 1.40 bits per heavy atom. The van der Waals surface area contributed by atoms with Crippen LogP contribution in [0.25, 0.3) is 0 Å². The Hall–Kier alpha value is -0.160. The summed E-state index contributed by atoms with van der Waals surface area (Å²) < 4.78 is 0.0815. The van der Waals surface area contributed by atoms with E-state index in [0.717, 1.165) is 52.1 Å². The van der Waals surface area contributed by atoms with E-state index >= 15 is 0 Å². The quantitative estimate of drug-likeness (QED) is 0.465. The topological polar surface area (TPSA) is 29.5 Å². The minimum absolute atomic E-state index is 0.0815. The second-order valence-electron chi connectivity index (χ2n) is 5.24. The molecule has 0 aromatic rings. The number of likely N-dealkylation sites (N-methyl/N-ethyl adjacent to an activating group) is 1. The Balaban J connectivity index is 1.91. The number of piperidine rings is 1. The van der Waals surface area contributed by atoms with Crippen LogP contribution in [0.2, 0.25) is 0 Å². The molecule has 4 heteroatoms. The van der Waals surface area contributed by atoms with Crippen molar-refractivity contribution in [3.8, 4) is 0 Å². The lowest BCUT2D eigenvalue weighted by Crippen LogP contribution is -2.61. The number of hydrogen-bond donors (Lipinski definition) is 0. The normalized spacial score (nSPS) is 30.6. The number of hydrogen-bond acceptors (Lipinski definition) is 3. The molecule has 0 atom stereocenters.